The maximum absolute atomic E-state index is 12.0. The fourth-order valence-electron chi connectivity index (χ4n) is 2.36. The van der Waals surface area contributed by atoms with Gasteiger partial charge in [0.1, 0.15) is 5.52 Å². The van der Waals surface area contributed by atoms with Crippen molar-refractivity contribution in [2.75, 3.05) is 17.2 Å². The number of carbonyl (C=O) groups excluding carboxylic acids is 1. The quantitative estimate of drug-likeness (QED) is 0.795. The molecule has 0 saturated carbocycles. The predicted octanol–water partition coefficient (Wildman–Crippen LogP) is 2.40. The molecular weight excluding hydrogens is 339 g/mol. The zero-order valence-corrected chi connectivity index (χ0v) is 13.0. The van der Waals surface area contributed by atoms with E-state index in [0.717, 1.165) is 0 Å². The number of anilines is 1. The molecule has 0 aliphatic carbocycles. The summed E-state index contributed by atoms with van der Waals surface area (Å²) in [5.74, 6) is -0.848. The Labute approximate surface area is 130 Å². The summed E-state index contributed by atoms with van der Waals surface area (Å²) in [4.78, 5) is 17.5. The van der Waals surface area contributed by atoms with Crippen LogP contribution in [0.5, 0.6) is 0 Å². The van der Waals surface area contributed by atoms with Crippen molar-refractivity contribution in [2.45, 2.75) is 6.42 Å². The fraction of sp³-hybridized carbons (Fsp3) is 0.333. The average molecular weight is 349 g/mol. The first-order valence-electron chi connectivity index (χ1n) is 6.10. The van der Waals surface area contributed by atoms with Crippen molar-refractivity contribution in [3.05, 3.63) is 23.2 Å². The van der Waals surface area contributed by atoms with E-state index in [-0.39, 0.29) is 36.6 Å². The molecule has 1 atom stereocenters. The smallest absolute Gasteiger partial charge is 0.305 e. The number of nitrogens with zero attached hydrogens (tertiary/aromatic N) is 2. The Bertz CT molecular complexity index is 818. The fourth-order valence-corrected chi connectivity index (χ4v) is 3.85. The van der Waals surface area contributed by atoms with Crippen molar-refractivity contribution in [1.82, 2.24) is 4.98 Å². The second kappa shape index (κ2) is 5.15. The van der Waals surface area contributed by atoms with Gasteiger partial charge in [0.15, 0.2) is 5.58 Å². The number of aromatic nitrogens is 1. The van der Waals surface area contributed by atoms with Crippen LogP contribution in [0.2, 0.25) is 5.02 Å². The SMILES string of the molecule is O=C1CC(CS(=O)(=O)Cl)CN1c1nc2cc(Cl)ccc2o1. The summed E-state index contributed by atoms with van der Waals surface area (Å²) in [6.45, 7) is 0.214. The van der Waals surface area contributed by atoms with Gasteiger partial charge < -0.3 is 4.42 Å². The highest BCUT2D eigenvalue weighted by atomic mass is 35.7. The van der Waals surface area contributed by atoms with Crippen LogP contribution in [-0.4, -0.2) is 31.6 Å². The van der Waals surface area contributed by atoms with Crippen molar-refractivity contribution in [2.24, 2.45) is 5.92 Å². The topological polar surface area (TPSA) is 80.5 Å². The molecule has 2 heterocycles. The molecule has 6 nitrogen and oxygen atoms in total. The number of hydrogen-bond donors (Lipinski definition) is 0. The summed E-state index contributed by atoms with van der Waals surface area (Å²) in [6.07, 6.45) is 0.103. The second-order valence-electron chi connectivity index (χ2n) is 4.89. The van der Waals surface area contributed by atoms with E-state index in [2.05, 4.69) is 4.98 Å². The van der Waals surface area contributed by atoms with Crippen LogP contribution < -0.4 is 4.90 Å². The number of amides is 1. The first kappa shape index (κ1) is 14.6. The summed E-state index contributed by atoms with van der Waals surface area (Å²) in [7, 11) is 1.58. The Morgan fingerprint density at radius 3 is 2.90 bits per heavy atom. The first-order valence-corrected chi connectivity index (χ1v) is 8.96. The van der Waals surface area contributed by atoms with Crippen LogP contribution in [0, 0.1) is 5.92 Å². The highest BCUT2D eigenvalue weighted by molar-refractivity contribution is 8.13. The standard InChI is InChI=1S/C12H10Cl2N2O4S/c13-8-1-2-10-9(4-8)15-12(20-10)16-5-7(3-11(16)17)6-21(14,18)19/h1-2,4,7H,3,5-6H2. The van der Waals surface area contributed by atoms with Gasteiger partial charge >= 0.3 is 6.01 Å². The van der Waals surface area contributed by atoms with Gasteiger partial charge in [-0.15, -0.1) is 0 Å². The van der Waals surface area contributed by atoms with Crippen LogP contribution in [0.3, 0.4) is 0 Å². The molecular formula is C12H10Cl2N2O4S. The molecule has 1 amide bonds. The highest BCUT2D eigenvalue weighted by Gasteiger charge is 2.35. The molecule has 21 heavy (non-hydrogen) atoms. The minimum Gasteiger partial charge on any atom is -0.423 e. The van der Waals surface area contributed by atoms with Crippen LogP contribution >= 0.6 is 22.3 Å². The molecule has 1 aliphatic rings. The lowest BCUT2D eigenvalue weighted by molar-refractivity contribution is -0.117. The zero-order valence-electron chi connectivity index (χ0n) is 10.6. The number of fused-ring (bicyclic) bond motifs is 1. The van der Waals surface area contributed by atoms with E-state index >= 15 is 0 Å². The molecule has 2 aromatic rings. The van der Waals surface area contributed by atoms with E-state index < -0.39 is 9.05 Å². The molecule has 3 rings (SSSR count). The largest absolute Gasteiger partial charge is 0.423 e. The molecule has 1 saturated heterocycles. The lowest BCUT2D eigenvalue weighted by Gasteiger charge is -2.10. The second-order valence-corrected chi connectivity index (χ2v) is 8.15. The van der Waals surface area contributed by atoms with Crippen LogP contribution in [0.15, 0.2) is 22.6 Å². The molecule has 1 aromatic heterocycles. The van der Waals surface area contributed by atoms with Gasteiger partial charge in [-0.25, -0.2) is 8.42 Å². The van der Waals surface area contributed by atoms with E-state index in [4.69, 9.17) is 26.7 Å². The molecule has 1 fully saturated rings. The average Bonchev–Trinajstić information content (AvgIpc) is 2.89. The van der Waals surface area contributed by atoms with Gasteiger partial charge in [0.2, 0.25) is 15.0 Å². The van der Waals surface area contributed by atoms with Gasteiger partial charge in [-0.1, -0.05) is 11.6 Å². The molecule has 0 bridgehead atoms. The Morgan fingerprint density at radius 1 is 1.43 bits per heavy atom. The molecule has 0 N–H and O–H groups in total. The van der Waals surface area contributed by atoms with Crippen molar-refractivity contribution >= 4 is 54.4 Å². The van der Waals surface area contributed by atoms with Crippen molar-refractivity contribution in [1.29, 1.82) is 0 Å². The van der Waals surface area contributed by atoms with Gasteiger partial charge in [-0.2, -0.15) is 4.98 Å². The monoisotopic (exact) mass is 348 g/mol. The highest BCUT2D eigenvalue weighted by Crippen LogP contribution is 2.29. The minimum atomic E-state index is -3.64. The molecule has 0 spiro atoms. The summed E-state index contributed by atoms with van der Waals surface area (Å²) < 4.78 is 27.7. The normalized spacial score (nSPS) is 19.6. The number of benzene rings is 1. The Balaban J connectivity index is 1.87. The maximum atomic E-state index is 12.0. The van der Waals surface area contributed by atoms with E-state index in [9.17, 15) is 13.2 Å². The lowest BCUT2D eigenvalue weighted by Crippen LogP contribution is -2.25. The Morgan fingerprint density at radius 2 is 2.19 bits per heavy atom. The van der Waals surface area contributed by atoms with Crippen LogP contribution in [0.1, 0.15) is 6.42 Å². The van der Waals surface area contributed by atoms with Crippen molar-refractivity contribution < 1.29 is 17.6 Å². The number of hydrogen-bond acceptors (Lipinski definition) is 5. The summed E-state index contributed by atoms with van der Waals surface area (Å²) in [5, 5.41) is 0.515. The zero-order chi connectivity index (χ0) is 15.2. The molecule has 0 radical (unpaired) electrons. The van der Waals surface area contributed by atoms with Gasteiger partial charge in [-0.3, -0.25) is 9.69 Å². The van der Waals surface area contributed by atoms with Crippen LogP contribution in [0.4, 0.5) is 6.01 Å². The van der Waals surface area contributed by atoms with E-state index in [1.54, 1.807) is 18.2 Å². The number of rotatable bonds is 3. The van der Waals surface area contributed by atoms with Crippen molar-refractivity contribution in [3.8, 4) is 0 Å². The third kappa shape index (κ3) is 3.14. The van der Waals surface area contributed by atoms with Gasteiger partial charge in [0, 0.05) is 34.6 Å². The molecule has 112 valence electrons. The third-order valence-corrected chi connectivity index (χ3v) is 4.69. The first-order chi connectivity index (χ1) is 9.82. The number of carbonyl (C=O) groups is 1. The molecule has 9 heteroatoms. The Kier molecular flexibility index (Phi) is 3.59. The van der Waals surface area contributed by atoms with Crippen LogP contribution in [-0.2, 0) is 13.8 Å². The van der Waals surface area contributed by atoms with Gasteiger partial charge in [0.05, 0.1) is 5.75 Å². The minimum absolute atomic E-state index is 0.103. The lowest BCUT2D eigenvalue weighted by atomic mass is 10.1. The van der Waals surface area contributed by atoms with E-state index in [1.807, 2.05) is 0 Å². The van der Waals surface area contributed by atoms with Gasteiger partial charge in [0.25, 0.3) is 0 Å². The molecule has 1 aliphatic heterocycles. The van der Waals surface area contributed by atoms with Crippen molar-refractivity contribution in [3.63, 3.8) is 0 Å². The predicted molar refractivity (Wildman–Crippen MR) is 79.1 cm³/mol. The number of oxazole rings is 1. The summed E-state index contributed by atoms with van der Waals surface area (Å²) in [5.41, 5.74) is 1.05. The summed E-state index contributed by atoms with van der Waals surface area (Å²) >= 11 is 5.87. The maximum Gasteiger partial charge on any atom is 0.305 e. The van der Waals surface area contributed by atoms with Gasteiger partial charge in [-0.05, 0) is 18.2 Å². The summed E-state index contributed by atoms with van der Waals surface area (Å²) in [6, 6.07) is 5.10. The third-order valence-electron chi connectivity index (χ3n) is 3.21. The van der Waals surface area contributed by atoms with Crippen LogP contribution in [0.25, 0.3) is 11.1 Å². The van der Waals surface area contributed by atoms with E-state index in [0.29, 0.717) is 16.1 Å². The molecule has 1 unspecified atom stereocenters. The Hall–Kier alpha value is -1.31. The number of halogens is 2. The van der Waals surface area contributed by atoms with E-state index in [1.165, 1.54) is 4.90 Å². The molecule has 1 aromatic carbocycles.